The summed E-state index contributed by atoms with van der Waals surface area (Å²) >= 11 is 0. The molecular formula is C23H17F3N6O2. The second-order valence-electron chi connectivity index (χ2n) is 7.59. The van der Waals surface area contributed by atoms with Crippen LogP contribution < -0.4 is 11.1 Å². The fraction of sp³-hybridized carbons (Fsp3) is 0.130. The summed E-state index contributed by atoms with van der Waals surface area (Å²) in [6, 6.07) is 10.9. The Morgan fingerprint density at radius 2 is 1.79 bits per heavy atom. The van der Waals surface area contributed by atoms with Crippen molar-refractivity contribution in [1.82, 2.24) is 24.7 Å². The molecule has 0 fully saturated rings. The Kier molecular flexibility index (Phi) is 5.36. The third-order valence-electron chi connectivity index (χ3n) is 5.43. The number of nitrogens with one attached hydrogen (secondary N) is 2. The minimum atomic E-state index is -1.21. The van der Waals surface area contributed by atoms with E-state index in [2.05, 4.69) is 29.9 Å². The zero-order valence-corrected chi connectivity index (χ0v) is 17.8. The van der Waals surface area contributed by atoms with Crippen molar-refractivity contribution in [2.75, 3.05) is 11.9 Å². The lowest BCUT2D eigenvalue weighted by atomic mass is 10.1. The molecule has 0 aliphatic carbocycles. The summed E-state index contributed by atoms with van der Waals surface area (Å²) in [5.74, 6) is -2.85. The van der Waals surface area contributed by atoms with Gasteiger partial charge >= 0.3 is 5.76 Å². The van der Waals surface area contributed by atoms with Crippen LogP contribution in [0.2, 0.25) is 0 Å². The number of hydrogen-bond donors (Lipinski definition) is 2. The van der Waals surface area contributed by atoms with Gasteiger partial charge in [-0.3, -0.25) is 9.51 Å². The molecule has 2 aromatic carbocycles. The van der Waals surface area contributed by atoms with Gasteiger partial charge in [0.05, 0.1) is 11.2 Å². The molecule has 0 bridgehead atoms. The van der Waals surface area contributed by atoms with Gasteiger partial charge in [-0.1, -0.05) is 29.4 Å². The van der Waals surface area contributed by atoms with Gasteiger partial charge in [0.15, 0.2) is 23.3 Å². The number of benzene rings is 2. The summed E-state index contributed by atoms with van der Waals surface area (Å²) in [6.07, 6.45) is 1.41. The molecule has 0 saturated heterocycles. The summed E-state index contributed by atoms with van der Waals surface area (Å²) in [6.45, 7) is 2.37. The van der Waals surface area contributed by atoms with E-state index in [0.717, 1.165) is 5.56 Å². The number of aromatic nitrogens is 5. The monoisotopic (exact) mass is 466 g/mol. The number of anilines is 1. The summed E-state index contributed by atoms with van der Waals surface area (Å²) in [7, 11) is 0. The molecule has 2 N–H and O–H groups in total. The van der Waals surface area contributed by atoms with E-state index < -0.39 is 23.2 Å². The highest BCUT2D eigenvalue weighted by Gasteiger charge is 2.18. The van der Waals surface area contributed by atoms with E-state index in [4.69, 9.17) is 0 Å². The van der Waals surface area contributed by atoms with Crippen molar-refractivity contribution in [3.8, 4) is 22.6 Å². The van der Waals surface area contributed by atoms with Crippen molar-refractivity contribution in [2.45, 2.75) is 13.5 Å². The first-order chi connectivity index (χ1) is 16.4. The average Bonchev–Trinajstić information content (AvgIpc) is 3.41. The van der Waals surface area contributed by atoms with Crippen LogP contribution in [0.5, 0.6) is 0 Å². The SMILES string of the molecule is Cc1cc2c(F)c(F)cc(F)c2n1CCNc1cc(-c2ccc(-c3noc(=O)[nH]3)cc2)ncn1. The molecule has 0 spiro atoms. The van der Waals surface area contributed by atoms with Gasteiger partial charge in [0.2, 0.25) is 0 Å². The minimum Gasteiger partial charge on any atom is -0.368 e. The molecule has 3 aromatic heterocycles. The number of fused-ring (bicyclic) bond motifs is 1. The summed E-state index contributed by atoms with van der Waals surface area (Å²) < 4.78 is 48.1. The van der Waals surface area contributed by atoms with E-state index in [1.54, 1.807) is 29.7 Å². The Morgan fingerprint density at radius 3 is 2.53 bits per heavy atom. The Balaban J connectivity index is 1.31. The predicted molar refractivity (Wildman–Crippen MR) is 119 cm³/mol. The molecule has 0 radical (unpaired) electrons. The molecular weight excluding hydrogens is 449 g/mol. The van der Waals surface area contributed by atoms with E-state index in [-0.39, 0.29) is 10.9 Å². The number of nitrogens with zero attached hydrogens (tertiary/aromatic N) is 4. The van der Waals surface area contributed by atoms with Crippen molar-refractivity contribution >= 4 is 16.7 Å². The van der Waals surface area contributed by atoms with Crippen molar-refractivity contribution in [1.29, 1.82) is 0 Å². The van der Waals surface area contributed by atoms with Crippen LogP contribution in [-0.2, 0) is 6.54 Å². The van der Waals surface area contributed by atoms with Crippen molar-refractivity contribution < 1.29 is 17.7 Å². The van der Waals surface area contributed by atoms with Crippen molar-refractivity contribution in [3.05, 3.63) is 82.5 Å². The van der Waals surface area contributed by atoms with Crippen LogP contribution in [0.4, 0.5) is 19.0 Å². The summed E-state index contributed by atoms with van der Waals surface area (Å²) in [4.78, 5) is 22.1. The number of aryl methyl sites for hydroxylation is 1. The number of halogens is 3. The van der Waals surface area contributed by atoms with Gasteiger partial charge in [0.25, 0.3) is 0 Å². The maximum absolute atomic E-state index is 14.3. The van der Waals surface area contributed by atoms with E-state index >= 15 is 0 Å². The third kappa shape index (κ3) is 3.91. The minimum absolute atomic E-state index is 0.0233. The van der Waals surface area contributed by atoms with Gasteiger partial charge in [-0.15, -0.1) is 0 Å². The van der Waals surface area contributed by atoms with Crippen molar-refractivity contribution in [3.63, 3.8) is 0 Å². The van der Waals surface area contributed by atoms with Gasteiger partial charge < -0.3 is 9.88 Å². The van der Waals surface area contributed by atoms with E-state index in [0.29, 0.717) is 47.7 Å². The standard InChI is InChI=1S/C23H17F3N6O2/c1-12-8-15-20(26)16(24)9-17(25)21(15)32(12)7-6-27-19-10-18(28-11-29-19)13-2-4-14(5-3-13)22-30-23(33)34-31-22/h2-5,8-11H,6-7H2,1H3,(H,27,28,29)(H,30,31,33). The average molecular weight is 466 g/mol. The van der Waals surface area contributed by atoms with Crippen LogP contribution in [-0.4, -0.2) is 31.2 Å². The molecule has 0 aliphatic rings. The Labute approximate surface area is 190 Å². The second kappa shape index (κ2) is 8.50. The Hall–Kier alpha value is -4.41. The molecule has 0 unspecified atom stereocenters. The number of hydrogen-bond acceptors (Lipinski definition) is 6. The lowest BCUT2D eigenvalue weighted by molar-refractivity contribution is 0.388. The highest BCUT2D eigenvalue weighted by molar-refractivity contribution is 5.82. The van der Waals surface area contributed by atoms with Gasteiger partial charge in [-0.25, -0.2) is 27.9 Å². The number of H-pyrrole nitrogens is 1. The normalized spacial score (nSPS) is 11.3. The first-order valence-electron chi connectivity index (χ1n) is 10.3. The van der Waals surface area contributed by atoms with Gasteiger partial charge in [0, 0.05) is 47.4 Å². The molecule has 8 nitrogen and oxygen atoms in total. The quantitative estimate of drug-likeness (QED) is 0.362. The van der Waals surface area contributed by atoms with Gasteiger partial charge in [-0.2, -0.15) is 0 Å². The smallest absolute Gasteiger partial charge is 0.368 e. The molecule has 5 aromatic rings. The molecule has 3 heterocycles. The maximum Gasteiger partial charge on any atom is 0.439 e. The summed E-state index contributed by atoms with van der Waals surface area (Å²) in [5.41, 5.74) is 2.78. The molecule has 0 aliphatic heterocycles. The lowest BCUT2D eigenvalue weighted by Crippen LogP contribution is -2.13. The molecule has 11 heteroatoms. The Morgan fingerprint density at radius 1 is 1.03 bits per heavy atom. The summed E-state index contributed by atoms with van der Waals surface area (Å²) in [5, 5.41) is 6.71. The fourth-order valence-corrected chi connectivity index (χ4v) is 3.82. The first kappa shape index (κ1) is 21.4. The fourth-order valence-electron chi connectivity index (χ4n) is 3.82. The van der Waals surface area contributed by atoms with Crippen molar-refractivity contribution in [2.24, 2.45) is 0 Å². The van der Waals surface area contributed by atoms with Crippen LogP contribution in [0, 0.1) is 24.4 Å². The second-order valence-corrected chi connectivity index (χ2v) is 7.59. The number of aromatic amines is 1. The van der Waals surface area contributed by atoms with E-state index in [1.165, 1.54) is 12.4 Å². The van der Waals surface area contributed by atoms with Crippen LogP contribution >= 0.6 is 0 Å². The lowest BCUT2D eigenvalue weighted by Gasteiger charge is -2.11. The molecule has 0 atom stereocenters. The Bertz CT molecular complexity index is 1560. The molecule has 172 valence electrons. The predicted octanol–water partition coefficient (Wildman–Crippen LogP) is 4.28. The zero-order valence-electron chi connectivity index (χ0n) is 17.8. The van der Waals surface area contributed by atoms with E-state index in [9.17, 15) is 18.0 Å². The molecule has 34 heavy (non-hydrogen) atoms. The van der Waals surface area contributed by atoms with Crippen LogP contribution in [0.15, 0.2) is 58.1 Å². The first-order valence-corrected chi connectivity index (χ1v) is 10.3. The maximum atomic E-state index is 14.3. The molecule has 5 rings (SSSR count). The molecule has 0 amide bonds. The van der Waals surface area contributed by atoms with Crippen LogP contribution in [0.25, 0.3) is 33.5 Å². The largest absolute Gasteiger partial charge is 0.439 e. The van der Waals surface area contributed by atoms with Gasteiger partial charge in [0.1, 0.15) is 12.1 Å². The van der Waals surface area contributed by atoms with Crippen LogP contribution in [0.3, 0.4) is 0 Å². The van der Waals surface area contributed by atoms with E-state index in [1.807, 2.05) is 12.1 Å². The van der Waals surface area contributed by atoms with Gasteiger partial charge in [-0.05, 0) is 13.0 Å². The highest BCUT2D eigenvalue weighted by Crippen LogP contribution is 2.27. The molecule has 0 saturated carbocycles. The topological polar surface area (TPSA) is 102 Å². The number of rotatable bonds is 6. The third-order valence-corrected chi connectivity index (χ3v) is 5.43. The highest BCUT2D eigenvalue weighted by atomic mass is 19.2. The van der Waals surface area contributed by atoms with Crippen LogP contribution in [0.1, 0.15) is 5.69 Å². The zero-order chi connectivity index (χ0) is 23.8.